The van der Waals surface area contributed by atoms with Crippen molar-refractivity contribution >= 4 is 17.8 Å². The van der Waals surface area contributed by atoms with Crippen LogP contribution in [0.5, 0.6) is 0 Å². The molecule has 0 aliphatic heterocycles. The van der Waals surface area contributed by atoms with Crippen molar-refractivity contribution in [2.24, 2.45) is 11.8 Å². The van der Waals surface area contributed by atoms with E-state index in [2.05, 4.69) is 23.8 Å². The Hall–Kier alpha value is -4.49. The fourth-order valence-corrected chi connectivity index (χ4v) is 5.05. The summed E-state index contributed by atoms with van der Waals surface area (Å²) in [4.78, 5) is 39.7. The molecule has 232 valence electrons. The Balaban J connectivity index is 1.66. The Morgan fingerprint density at radius 2 is 1.36 bits per heavy atom. The highest BCUT2D eigenvalue weighted by atomic mass is 16.5. The highest BCUT2D eigenvalue weighted by Gasteiger charge is 2.27. The van der Waals surface area contributed by atoms with Crippen LogP contribution in [0.2, 0.25) is 0 Å². The van der Waals surface area contributed by atoms with Gasteiger partial charge in [-0.1, -0.05) is 103 Å². The number of amides is 2. The van der Waals surface area contributed by atoms with Gasteiger partial charge in [-0.3, -0.25) is 14.4 Å². The van der Waals surface area contributed by atoms with Gasteiger partial charge in [0.05, 0.1) is 30.5 Å². The van der Waals surface area contributed by atoms with E-state index in [0.717, 1.165) is 16.7 Å². The largest absolute Gasteiger partial charge is 0.463 e. The third-order valence-electron chi connectivity index (χ3n) is 7.45. The highest BCUT2D eigenvalue weighted by Crippen LogP contribution is 2.20. The van der Waals surface area contributed by atoms with E-state index in [1.807, 2.05) is 91.0 Å². The van der Waals surface area contributed by atoms with Gasteiger partial charge in [0.15, 0.2) is 0 Å². The first kappa shape index (κ1) is 34.0. The summed E-state index contributed by atoms with van der Waals surface area (Å²) in [7, 11) is 0. The number of carbonyl (C=O) groups is 3. The lowest BCUT2D eigenvalue weighted by molar-refractivity contribution is -0.150. The zero-order valence-corrected chi connectivity index (χ0v) is 25.3. The summed E-state index contributed by atoms with van der Waals surface area (Å²) in [6, 6.07) is 27.6. The van der Waals surface area contributed by atoms with Gasteiger partial charge in [-0.05, 0) is 48.8 Å². The van der Waals surface area contributed by atoms with Gasteiger partial charge in [-0.25, -0.2) is 0 Å². The Morgan fingerprint density at radius 3 is 1.93 bits per heavy atom. The number of ether oxygens (including phenoxy) is 1. The summed E-state index contributed by atoms with van der Waals surface area (Å²) in [5, 5.41) is 15.7. The predicted octanol–water partition coefficient (Wildman–Crippen LogP) is 5.51. The van der Waals surface area contributed by atoms with Crippen molar-refractivity contribution in [2.75, 3.05) is 13.2 Å². The lowest BCUT2D eigenvalue weighted by Crippen LogP contribution is -2.42. The molecule has 0 aliphatic carbocycles. The van der Waals surface area contributed by atoms with Gasteiger partial charge in [0, 0.05) is 6.42 Å². The SMILES string of the molecule is C=CCC[C@H](Cc1ccccc1)C(=O)OC[C@H](NC(=O)[C@H](CC=C)CC(=O)N[C@H](CO)Cc1ccccc1)c1ccccc1. The van der Waals surface area contributed by atoms with Gasteiger partial charge >= 0.3 is 5.97 Å². The fourth-order valence-electron chi connectivity index (χ4n) is 5.05. The van der Waals surface area contributed by atoms with E-state index < -0.39 is 18.0 Å². The van der Waals surface area contributed by atoms with Crippen LogP contribution in [0.15, 0.2) is 116 Å². The minimum absolute atomic E-state index is 0.0510. The van der Waals surface area contributed by atoms with Crippen LogP contribution in [-0.2, 0) is 32.0 Å². The van der Waals surface area contributed by atoms with Gasteiger partial charge in [0.25, 0.3) is 0 Å². The highest BCUT2D eigenvalue weighted by molar-refractivity contribution is 5.86. The van der Waals surface area contributed by atoms with Crippen molar-refractivity contribution in [2.45, 2.75) is 50.6 Å². The molecule has 0 heterocycles. The van der Waals surface area contributed by atoms with Gasteiger partial charge in [-0.15, -0.1) is 13.2 Å². The number of allylic oxidation sites excluding steroid dienone is 2. The first-order valence-electron chi connectivity index (χ1n) is 15.1. The number of hydrogen-bond acceptors (Lipinski definition) is 5. The van der Waals surface area contributed by atoms with Crippen LogP contribution < -0.4 is 10.6 Å². The molecule has 0 aliphatic rings. The molecule has 0 aromatic heterocycles. The normalized spacial score (nSPS) is 13.5. The number of nitrogens with one attached hydrogen (secondary N) is 2. The first-order valence-corrected chi connectivity index (χ1v) is 15.1. The molecule has 3 N–H and O–H groups in total. The molecule has 0 unspecified atom stereocenters. The molecule has 7 nitrogen and oxygen atoms in total. The zero-order valence-electron chi connectivity index (χ0n) is 25.3. The zero-order chi connectivity index (χ0) is 31.6. The van der Waals surface area contributed by atoms with Gasteiger partial charge in [0.2, 0.25) is 11.8 Å². The molecule has 7 heteroatoms. The minimum Gasteiger partial charge on any atom is -0.463 e. The number of aliphatic hydroxyl groups excluding tert-OH is 1. The van der Waals surface area contributed by atoms with E-state index in [-0.39, 0.29) is 49.8 Å². The van der Waals surface area contributed by atoms with E-state index in [9.17, 15) is 19.5 Å². The van der Waals surface area contributed by atoms with Gasteiger partial charge < -0.3 is 20.5 Å². The molecule has 0 saturated carbocycles. The molecule has 3 aromatic rings. The second-order valence-electron chi connectivity index (χ2n) is 10.9. The van der Waals surface area contributed by atoms with Crippen molar-refractivity contribution in [1.82, 2.24) is 10.6 Å². The summed E-state index contributed by atoms with van der Waals surface area (Å²) < 4.78 is 5.82. The molecule has 2 amide bonds. The summed E-state index contributed by atoms with van der Waals surface area (Å²) in [5.41, 5.74) is 2.82. The van der Waals surface area contributed by atoms with Crippen LogP contribution in [0.4, 0.5) is 0 Å². The fraction of sp³-hybridized carbons (Fsp3) is 0.324. The average molecular weight is 597 g/mol. The van der Waals surface area contributed by atoms with Crippen LogP contribution in [0.1, 0.15) is 48.4 Å². The van der Waals surface area contributed by atoms with Crippen molar-refractivity contribution in [3.05, 3.63) is 133 Å². The Labute approximate surface area is 261 Å². The van der Waals surface area contributed by atoms with Crippen LogP contribution in [0, 0.1) is 11.8 Å². The molecule has 4 atom stereocenters. The molecule has 0 spiro atoms. The minimum atomic E-state index is -0.691. The molecule has 0 fully saturated rings. The van der Waals surface area contributed by atoms with Gasteiger partial charge in [-0.2, -0.15) is 0 Å². The van der Waals surface area contributed by atoms with Gasteiger partial charge in [0.1, 0.15) is 6.61 Å². The molecule has 0 bridgehead atoms. The topological polar surface area (TPSA) is 105 Å². The number of esters is 1. The van der Waals surface area contributed by atoms with Crippen LogP contribution in [0.25, 0.3) is 0 Å². The summed E-state index contributed by atoms with van der Waals surface area (Å²) in [5.74, 6) is -2.06. The number of hydrogen-bond donors (Lipinski definition) is 3. The lowest BCUT2D eigenvalue weighted by atomic mass is 9.94. The number of rotatable bonds is 19. The quantitative estimate of drug-likeness (QED) is 0.125. The maximum absolute atomic E-state index is 13.5. The number of carbonyl (C=O) groups excluding carboxylic acids is 3. The Morgan fingerprint density at radius 1 is 0.773 bits per heavy atom. The second kappa shape index (κ2) is 18.9. The maximum atomic E-state index is 13.5. The summed E-state index contributed by atoms with van der Waals surface area (Å²) >= 11 is 0. The van der Waals surface area contributed by atoms with E-state index >= 15 is 0 Å². The molecule has 44 heavy (non-hydrogen) atoms. The summed E-state index contributed by atoms with van der Waals surface area (Å²) in [6.45, 7) is 7.28. The Bertz CT molecular complexity index is 1310. The van der Waals surface area contributed by atoms with Crippen LogP contribution >= 0.6 is 0 Å². The van der Waals surface area contributed by atoms with Crippen LogP contribution in [-0.4, -0.2) is 42.1 Å². The van der Waals surface area contributed by atoms with Crippen molar-refractivity contribution in [3.8, 4) is 0 Å². The Kier molecular flexibility index (Phi) is 14.6. The van der Waals surface area contributed by atoms with Crippen molar-refractivity contribution in [1.29, 1.82) is 0 Å². The van der Waals surface area contributed by atoms with Crippen LogP contribution in [0.3, 0.4) is 0 Å². The predicted molar refractivity (Wildman–Crippen MR) is 173 cm³/mol. The monoisotopic (exact) mass is 596 g/mol. The van der Waals surface area contributed by atoms with Crippen molar-refractivity contribution in [3.63, 3.8) is 0 Å². The number of aliphatic hydroxyl groups is 1. The lowest BCUT2D eigenvalue weighted by Gasteiger charge is -2.24. The van der Waals surface area contributed by atoms with E-state index in [1.165, 1.54) is 0 Å². The third-order valence-corrected chi connectivity index (χ3v) is 7.45. The first-order chi connectivity index (χ1) is 21.4. The van der Waals surface area contributed by atoms with Crippen molar-refractivity contribution < 1.29 is 24.2 Å². The molecular weight excluding hydrogens is 552 g/mol. The maximum Gasteiger partial charge on any atom is 0.309 e. The van der Waals surface area contributed by atoms with E-state index in [1.54, 1.807) is 12.2 Å². The molecular formula is C37H44N2O5. The van der Waals surface area contributed by atoms with E-state index in [0.29, 0.717) is 25.7 Å². The molecule has 0 saturated heterocycles. The molecule has 0 radical (unpaired) electrons. The molecule has 3 rings (SSSR count). The molecule has 3 aromatic carbocycles. The average Bonchev–Trinajstić information content (AvgIpc) is 3.05. The standard InChI is InChI=1S/C37H44N2O5/c1-3-5-20-32(23-28-16-9-6-10-17-28)37(43)44-27-34(30-21-13-8-14-22-30)39-36(42)31(15-4-2)25-35(41)38-33(26-40)24-29-18-11-7-12-19-29/h3-4,6-14,16-19,21-22,31-34,40H,1-2,5,15,20,23-27H2,(H,38,41)(H,39,42)/t31-,32-,33+,34+/m1/s1. The second-order valence-corrected chi connectivity index (χ2v) is 10.9. The smallest absolute Gasteiger partial charge is 0.309 e. The van der Waals surface area contributed by atoms with E-state index in [4.69, 9.17) is 4.74 Å². The third kappa shape index (κ3) is 11.7. The summed E-state index contributed by atoms with van der Waals surface area (Å²) in [6.07, 6.45) is 5.91. The number of benzene rings is 3.